The normalized spacial score (nSPS) is 17.9. The maximum atomic E-state index is 5.94. The molecule has 1 aliphatic rings. The van der Waals surface area contributed by atoms with Gasteiger partial charge in [-0.2, -0.15) is 5.10 Å². The highest BCUT2D eigenvalue weighted by atomic mass is 16.5. The van der Waals surface area contributed by atoms with Crippen LogP contribution in [0.1, 0.15) is 6.42 Å². The molecule has 0 radical (unpaired) electrons. The number of H-pyrrole nitrogens is 1. The summed E-state index contributed by atoms with van der Waals surface area (Å²) in [7, 11) is 0. The number of anilines is 2. The predicted molar refractivity (Wildman–Crippen MR) is 84.4 cm³/mol. The minimum atomic E-state index is 0.291. The van der Waals surface area contributed by atoms with E-state index in [9.17, 15) is 0 Å². The van der Waals surface area contributed by atoms with Crippen LogP contribution in [0.15, 0.2) is 30.6 Å². The standard InChI is InChI=1S/C15H16N6O/c16-14-6-13(19-10-2-4-22-8-10)15-12(20-14)5-9(7-17-15)11-1-3-18-21-11/h1,3,5-7,10H,2,4,8H2,(H,18,21)(H3,16,19,20). The molecule has 7 heteroatoms. The van der Waals surface area contributed by atoms with Crippen LogP contribution in [-0.4, -0.2) is 39.4 Å². The van der Waals surface area contributed by atoms with Crippen LogP contribution in [0, 0.1) is 0 Å². The number of ether oxygens (including phenoxy) is 1. The Bertz CT molecular complexity index is 795. The van der Waals surface area contributed by atoms with Gasteiger partial charge in [-0.15, -0.1) is 0 Å². The number of nitrogens with one attached hydrogen (secondary N) is 2. The van der Waals surface area contributed by atoms with Gasteiger partial charge >= 0.3 is 0 Å². The number of rotatable bonds is 3. The van der Waals surface area contributed by atoms with Crippen molar-refractivity contribution in [3.05, 3.63) is 30.6 Å². The van der Waals surface area contributed by atoms with Crippen molar-refractivity contribution in [1.82, 2.24) is 20.2 Å². The summed E-state index contributed by atoms with van der Waals surface area (Å²) in [6.07, 6.45) is 4.50. The van der Waals surface area contributed by atoms with Gasteiger partial charge in [0.05, 0.1) is 29.5 Å². The average Bonchev–Trinajstić information content (AvgIpc) is 3.20. The highest BCUT2D eigenvalue weighted by molar-refractivity contribution is 5.91. The monoisotopic (exact) mass is 296 g/mol. The van der Waals surface area contributed by atoms with Gasteiger partial charge in [0.15, 0.2) is 0 Å². The van der Waals surface area contributed by atoms with E-state index in [1.54, 1.807) is 6.20 Å². The first kappa shape index (κ1) is 13.0. The molecule has 0 aromatic carbocycles. The molecule has 3 aromatic heterocycles. The number of nitrogen functional groups attached to an aromatic ring is 1. The average molecular weight is 296 g/mol. The highest BCUT2D eigenvalue weighted by Crippen LogP contribution is 2.27. The zero-order valence-electron chi connectivity index (χ0n) is 11.9. The summed E-state index contributed by atoms with van der Waals surface area (Å²) in [5.41, 5.74) is 10.2. The number of hydrogen-bond acceptors (Lipinski definition) is 6. The lowest BCUT2D eigenvalue weighted by molar-refractivity contribution is 0.195. The molecule has 3 aromatic rings. The van der Waals surface area contributed by atoms with E-state index in [4.69, 9.17) is 10.5 Å². The van der Waals surface area contributed by atoms with Gasteiger partial charge in [0, 0.05) is 30.6 Å². The largest absolute Gasteiger partial charge is 0.384 e. The fourth-order valence-corrected chi connectivity index (χ4v) is 2.68. The van der Waals surface area contributed by atoms with Gasteiger partial charge in [-0.25, -0.2) is 4.98 Å². The number of nitrogens with two attached hydrogens (primary N) is 1. The van der Waals surface area contributed by atoms with Crippen LogP contribution >= 0.6 is 0 Å². The van der Waals surface area contributed by atoms with Gasteiger partial charge in [-0.1, -0.05) is 0 Å². The topological polar surface area (TPSA) is 102 Å². The van der Waals surface area contributed by atoms with Gasteiger partial charge in [0.1, 0.15) is 11.3 Å². The SMILES string of the molecule is Nc1cc(NC2CCOC2)c2ncc(-c3ccn[nH]3)cc2n1. The first-order valence-electron chi connectivity index (χ1n) is 7.20. The van der Waals surface area contributed by atoms with Crippen molar-refractivity contribution in [3.8, 4) is 11.3 Å². The van der Waals surface area contributed by atoms with E-state index in [2.05, 4.69) is 25.5 Å². The molecule has 4 rings (SSSR count). The third-order valence-electron chi connectivity index (χ3n) is 3.77. The minimum absolute atomic E-state index is 0.291. The lowest BCUT2D eigenvalue weighted by atomic mass is 10.1. The smallest absolute Gasteiger partial charge is 0.126 e. The zero-order valence-corrected chi connectivity index (χ0v) is 11.9. The van der Waals surface area contributed by atoms with Crippen molar-refractivity contribution < 1.29 is 4.74 Å². The molecule has 0 bridgehead atoms. The first-order chi connectivity index (χ1) is 10.8. The van der Waals surface area contributed by atoms with E-state index in [0.717, 1.165) is 41.0 Å². The van der Waals surface area contributed by atoms with Gasteiger partial charge in [-0.05, 0) is 18.6 Å². The van der Waals surface area contributed by atoms with Gasteiger partial charge in [0.2, 0.25) is 0 Å². The van der Waals surface area contributed by atoms with Crippen molar-refractivity contribution in [2.75, 3.05) is 24.3 Å². The molecular formula is C15H16N6O. The second-order valence-electron chi connectivity index (χ2n) is 5.36. The van der Waals surface area contributed by atoms with Crippen LogP contribution in [0.4, 0.5) is 11.5 Å². The van der Waals surface area contributed by atoms with Crippen molar-refractivity contribution in [1.29, 1.82) is 0 Å². The van der Waals surface area contributed by atoms with Crippen molar-refractivity contribution in [2.45, 2.75) is 12.5 Å². The molecule has 1 aliphatic heterocycles. The van der Waals surface area contributed by atoms with E-state index in [1.165, 1.54) is 0 Å². The molecule has 0 spiro atoms. The number of hydrogen-bond donors (Lipinski definition) is 3. The van der Waals surface area contributed by atoms with Crippen molar-refractivity contribution >= 4 is 22.5 Å². The first-order valence-corrected chi connectivity index (χ1v) is 7.20. The lowest BCUT2D eigenvalue weighted by Gasteiger charge is -2.14. The molecule has 7 nitrogen and oxygen atoms in total. The number of aromatic amines is 1. The fourth-order valence-electron chi connectivity index (χ4n) is 2.68. The molecule has 4 N–H and O–H groups in total. The number of fused-ring (bicyclic) bond motifs is 1. The summed E-state index contributed by atoms with van der Waals surface area (Å²) < 4.78 is 5.40. The maximum absolute atomic E-state index is 5.94. The van der Waals surface area contributed by atoms with Crippen LogP contribution in [0.2, 0.25) is 0 Å². The molecule has 4 heterocycles. The summed E-state index contributed by atoms with van der Waals surface area (Å²) in [4.78, 5) is 8.94. The van der Waals surface area contributed by atoms with Gasteiger partial charge in [0.25, 0.3) is 0 Å². The quantitative estimate of drug-likeness (QED) is 0.681. The summed E-state index contributed by atoms with van der Waals surface area (Å²) in [6.45, 7) is 1.49. The van der Waals surface area contributed by atoms with Crippen LogP contribution in [0.25, 0.3) is 22.3 Å². The molecule has 1 atom stereocenters. The summed E-state index contributed by atoms with van der Waals surface area (Å²) in [5, 5.41) is 10.3. The Kier molecular flexibility index (Phi) is 3.12. The van der Waals surface area contributed by atoms with Crippen LogP contribution in [-0.2, 0) is 4.74 Å². The minimum Gasteiger partial charge on any atom is -0.384 e. The van der Waals surface area contributed by atoms with Gasteiger partial charge < -0.3 is 15.8 Å². The molecule has 1 saturated heterocycles. The Labute approximate surface area is 126 Å². The Morgan fingerprint density at radius 3 is 3.09 bits per heavy atom. The van der Waals surface area contributed by atoms with E-state index in [1.807, 2.05) is 24.4 Å². The fraction of sp³-hybridized carbons (Fsp3) is 0.267. The van der Waals surface area contributed by atoms with Crippen LogP contribution < -0.4 is 11.1 Å². The van der Waals surface area contributed by atoms with E-state index in [-0.39, 0.29) is 0 Å². The molecule has 112 valence electrons. The van der Waals surface area contributed by atoms with Crippen molar-refractivity contribution in [3.63, 3.8) is 0 Å². The van der Waals surface area contributed by atoms with E-state index >= 15 is 0 Å². The maximum Gasteiger partial charge on any atom is 0.126 e. The summed E-state index contributed by atoms with van der Waals surface area (Å²) >= 11 is 0. The molecule has 0 saturated carbocycles. The highest BCUT2D eigenvalue weighted by Gasteiger charge is 2.17. The van der Waals surface area contributed by atoms with Gasteiger partial charge in [-0.3, -0.25) is 10.1 Å². The van der Waals surface area contributed by atoms with E-state index in [0.29, 0.717) is 18.5 Å². The second kappa shape index (κ2) is 5.27. The predicted octanol–water partition coefficient (Wildman–Crippen LogP) is 1.80. The number of nitrogens with zero attached hydrogens (tertiary/aromatic N) is 3. The molecule has 0 aliphatic carbocycles. The third-order valence-corrected chi connectivity index (χ3v) is 3.77. The van der Waals surface area contributed by atoms with E-state index < -0.39 is 0 Å². The van der Waals surface area contributed by atoms with Crippen LogP contribution in [0.5, 0.6) is 0 Å². The number of aromatic nitrogens is 4. The zero-order chi connectivity index (χ0) is 14.9. The molecule has 0 amide bonds. The Morgan fingerprint density at radius 1 is 1.36 bits per heavy atom. The molecule has 1 unspecified atom stereocenters. The Morgan fingerprint density at radius 2 is 2.32 bits per heavy atom. The Balaban J connectivity index is 1.77. The second-order valence-corrected chi connectivity index (χ2v) is 5.36. The summed E-state index contributed by atoms with van der Waals surface area (Å²) in [6, 6.07) is 5.97. The van der Waals surface area contributed by atoms with Crippen molar-refractivity contribution in [2.24, 2.45) is 0 Å². The number of pyridine rings is 2. The molecule has 1 fully saturated rings. The molecule has 22 heavy (non-hydrogen) atoms. The Hall–Kier alpha value is -2.67. The summed E-state index contributed by atoms with van der Waals surface area (Å²) in [5.74, 6) is 0.470. The third kappa shape index (κ3) is 2.35. The molecular weight excluding hydrogens is 280 g/mol. The lowest BCUT2D eigenvalue weighted by Crippen LogP contribution is -2.19. The van der Waals surface area contributed by atoms with Crippen LogP contribution in [0.3, 0.4) is 0 Å².